The second-order valence-electron chi connectivity index (χ2n) is 6.53. The molecule has 3 nitrogen and oxygen atoms in total. The van der Waals surface area contributed by atoms with E-state index in [0.717, 1.165) is 43.6 Å². The minimum atomic E-state index is 0.685. The molecule has 1 aliphatic rings. The molecule has 0 aliphatic carbocycles. The first kappa shape index (κ1) is 15.3. The lowest BCUT2D eigenvalue weighted by Gasteiger charge is -2.22. The maximum Gasteiger partial charge on any atom is 0.128 e. The summed E-state index contributed by atoms with van der Waals surface area (Å²) in [5, 5.41) is 3.47. The number of hydrogen-bond acceptors (Lipinski definition) is 3. The van der Waals surface area contributed by atoms with Crippen LogP contribution in [-0.4, -0.2) is 24.6 Å². The Kier molecular flexibility index (Phi) is 5.84. The highest BCUT2D eigenvalue weighted by Gasteiger charge is 2.15. The van der Waals surface area contributed by atoms with Gasteiger partial charge in [0, 0.05) is 19.6 Å². The van der Waals surface area contributed by atoms with Crippen molar-refractivity contribution in [3.05, 3.63) is 23.9 Å². The third kappa shape index (κ3) is 4.78. The molecular weight excluding hydrogens is 246 g/mol. The topological polar surface area (TPSA) is 28.2 Å². The molecule has 2 rings (SSSR count). The highest BCUT2D eigenvalue weighted by molar-refractivity contribution is 5.39. The van der Waals surface area contributed by atoms with Crippen LogP contribution in [0.25, 0.3) is 0 Å². The van der Waals surface area contributed by atoms with Gasteiger partial charge in [0.15, 0.2) is 0 Å². The molecule has 1 aromatic rings. The van der Waals surface area contributed by atoms with E-state index in [1.165, 1.54) is 19.3 Å². The van der Waals surface area contributed by atoms with Crippen molar-refractivity contribution in [3.63, 3.8) is 0 Å². The van der Waals surface area contributed by atoms with Crippen LogP contribution >= 0.6 is 0 Å². The van der Waals surface area contributed by atoms with Gasteiger partial charge in [-0.25, -0.2) is 4.98 Å². The average molecular weight is 275 g/mol. The average Bonchev–Trinajstić information content (AvgIpc) is 2.63. The maximum absolute atomic E-state index is 4.82. The van der Waals surface area contributed by atoms with Crippen molar-refractivity contribution in [2.75, 3.05) is 24.5 Å². The van der Waals surface area contributed by atoms with Crippen LogP contribution in [0.15, 0.2) is 18.2 Å². The predicted molar refractivity (Wildman–Crippen MR) is 86.0 cm³/mol. The second kappa shape index (κ2) is 7.63. The lowest BCUT2D eigenvalue weighted by molar-refractivity contribution is 0.521. The van der Waals surface area contributed by atoms with E-state index in [0.29, 0.717) is 5.92 Å². The third-order valence-electron chi connectivity index (χ3n) is 3.99. The summed E-state index contributed by atoms with van der Waals surface area (Å²) in [6.07, 6.45) is 3.93. The Hall–Kier alpha value is -1.09. The van der Waals surface area contributed by atoms with Crippen LogP contribution in [0.2, 0.25) is 0 Å². The smallest absolute Gasteiger partial charge is 0.128 e. The number of rotatable bonds is 5. The van der Waals surface area contributed by atoms with Crippen LogP contribution in [0.5, 0.6) is 0 Å². The summed E-state index contributed by atoms with van der Waals surface area (Å²) in [6.45, 7) is 11.0. The van der Waals surface area contributed by atoms with Crippen molar-refractivity contribution >= 4 is 5.82 Å². The van der Waals surface area contributed by atoms with Crippen molar-refractivity contribution in [2.24, 2.45) is 11.8 Å². The molecule has 1 unspecified atom stereocenters. The van der Waals surface area contributed by atoms with Gasteiger partial charge in [0.05, 0.1) is 5.69 Å². The van der Waals surface area contributed by atoms with E-state index < -0.39 is 0 Å². The molecule has 1 aliphatic heterocycles. The normalized spacial score (nSPS) is 20.2. The molecule has 1 atom stereocenters. The van der Waals surface area contributed by atoms with Gasteiger partial charge >= 0.3 is 0 Å². The first-order chi connectivity index (χ1) is 9.65. The molecule has 0 radical (unpaired) electrons. The highest BCUT2D eigenvalue weighted by atomic mass is 15.2. The molecule has 1 fully saturated rings. The molecule has 112 valence electrons. The number of hydrogen-bond donors (Lipinski definition) is 1. The van der Waals surface area contributed by atoms with Gasteiger partial charge in [-0.15, -0.1) is 0 Å². The summed E-state index contributed by atoms with van der Waals surface area (Å²) in [5.74, 6) is 2.70. The van der Waals surface area contributed by atoms with Gasteiger partial charge in [-0.3, -0.25) is 0 Å². The minimum Gasteiger partial charge on any atom is -0.357 e. The molecule has 1 N–H and O–H groups in total. The fourth-order valence-electron chi connectivity index (χ4n) is 2.72. The van der Waals surface area contributed by atoms with Crippen molar-refractivity contribution in [3.8, 4) is 0 Å². The molecule has 20 heavy (non-hydrogen) atoms. The van der Waals surface area contributed by atoms with Crippen LogP contribution in [0.3, 0.4) is 0 Å². The van der Waals surface area contributed by atoms with Gasteiger partial charge in [0.25, 0.3) is 0 Å². The molecular formula is C17H29N3. The van der Waals surface area contributed by atoms with Gasteiger partial charge in [-0.1, -0.05) is 26.8 Å². The van der Waals surface area contributed by atoms with E-state index in [2.05, 4.69) is 49.2 Å². The zero-order chi connectivity index (χ0) is 14.4. The Labute approximate surface area is 123 Å². The molecule has 1 aromatic heterocycles. The quantitative estimate of drug-likeness (QED) is 0.892. The third-order valence-corrected chi connectivity index (χ3v) is 3.99. The Morgan fingerprint density at radius 1 is 1.30 bits per heavy atom. The zero-order valence-corrected chi connectivity index (χ0v) is 13.2. The Balaban J connectivity index is 1.94. The van der Waals surface area contributed by atoms with Crippen molar-refractivity contribution < 1.29 is 0 Å². The number of pyridine rings is 1. The Bertz CT molecular complexity index is 403. The summed E-state index contributed by atoms with van der Waals surface area (Å²) in [6, 6.07) is 6.42. The first-order valence-electron chi connectivity index (χ1n) is 8.06. The van der Waals surface area contributed by atoms with E-state index >= 15 is 0 Å². The van der Waals surface area contributed by atoms with Crippen LogP contribution in [0, 0.1) is 11.8 Å². The highest BCUT2D eigenvalue weighted by Crippen LogP contribution is 2.21. The summed E-state index contributed by atoms with van der Waals surface area (Å²) >= 11 is 0. The SMILES string of the molecule is CC(C)CNCc1cccc(N2CCCC(C)CC2)n1. The van der Waals surface area contributed by atoms with E-state index in [9.17, 15) is 0 Å². The van der Waals surface area contributed by atoms with Crippen LogP contribution in [-0.2, 0) is 6.54 Å². The molecule has 0 amide bonds. The number of nitrogens with zero attached hydrogens (tertiary/aromatic N) is 2. The van der Waals surface area contributed by atoms with Crippen LogP contribution < -0.4 is 10.2 Å². The monoisotopic (exact) mass is 275 g/mol. The summed E-state index contributed by atoms with van der Waals surface area (Å²) in [4.78, 5) is 7.28. The summed E-state index contributed by atoms with van der Waals surface area (Å²) in [5.41, 5.74) is 1.15. The van der Waals surface area contributed by atoms with Gasteiger partial charge < -0.3 is 10.2 Å². The van der Waals surface area contributed by atoms with Gasteiger partial charge in [0.1, 0.15) is 5.82 Å². The molecule has 0 aromatic carbocycles. The van der Waals surface area contributed by atoms with Crippen LogP contribution in [0.1, 0.15) is 45.7 Å². The van der Waals surface area contributed by atoms with Crippen molar-refractivity contribution in [1.29, 1.82) is 0 Å². The van der Waals surface area contributed by atoms with Gasteiger partial charge in [0.2, 0.25) is 0 Å². The fraction of sp³-hybridized carbons (Fsp3) is 0.706. The first-order valence-corrected chi connectivity index (χ1v) is 8.06. The van der Waals surface area contributed by atoms with Crippen LogP contribution in [0.4, 0.5) is 5.82 Å². The zero-order valence-electron chi connectivity index (χ0n) is 13.2. The number of aromatic nitrogens is 1. The van der Waals surface area contributed by atoms with E-state index in [-0.39, 0.29) is 0 Å². The van der Waals surface area contributed by atoms with E-state index in [1.54, 1.807) is 0 Å². The Morgan fingerprint density at radius 2 is 2.15 bits per heavy atom. The standard InChI is InChI=1S/C17H29N3/c1-14(2)12-18-13-16-7-4-8-17(19-16)20-10-5-6-15(3)9-11-20/h4,7-8,14-15,18H,5-6,9-13H2,1-3H3. The largest absolute Gasteiger partial charge is 0.357 e. The predicted octanol–water partition coefficient (Wildman–Crippen LogP) is 3.45. The molecule has 1 saturated heterocycles. The van der Waals surface area contributed by atoms with Gasteiger partial charge in [-0.2, -0.15) is 0 Å². The second-order valence-corrected chi connectivity index (χ2v) is 6.53. The Morgan fingerprint density at radius 3 is 2.95 bits per heavy atom. The molecule has 0 spiro atoms. The molecule has 0 bridgehead atoms. The molecule has 0 saturated carbocycles. The summed E-state index contributed by atoms with van der Waals surface area (Å²) in [7, 11) is 0. The minimum absolute atomic E-state index is 0.685. The van der Waals surface area contributed by atoms with Crippen molar-refractivity contribution in [2.45, 2.75) is 46.6 Å². The number of anilines is 1. The van der Waals surface area contributed by atoms with Crippen molar-refractivity contribution in [1.82, 2.24) is 10.3 Å². The number of nitrogens with one attached hydrogen (secondary N) is 1. The fourth-order valence-corrected chi connectivity index (χ4v) is 2.72. The molecule has 2 heterocycles. The maximum atomic E-state index is 4.82. The summed E-state index contributed by atoms with van der Waals surface area (Å²) < 4.78 is 0. The van der Waals surface area contributed by atoms with Gasteiger partial charge in [-0.05, 0) is 49.8 Å². The van der Waals surface area contributed by atoms with E-state index in [4.69, 9.17) is 4.98 Å². The lowest BCUT2D eigenvalue weighted by atomic mass is 10.0. The molecule has 3 heteroatoms. The van der Waals surface area contributed by atoms with E-state index in [1.807, 2.05) is 0 Å². The lowest BCUT2D eigenvalue weighted by Crippen LogP contribution is -2.26.